The SMILES string of the molecule is CCOC(=O)C(C/C=C\CO)(Cc1cc2cc(C)ccc2n1C)C(=O)OCC. The summed E-state index contributed by atoms with van der Waals surface area (Å²) in [4.78, 5) is 25.9. The molecule has 1 heterocycles. The zero-order valence-electron chi connectivity index (χ0n) is 17.0. The molecule has 1 aromatic heterocycles. The van der Waals surface area contributed by atoms with Crippen molar-refractivity contribution >= 4 is 22.8 Å². The molecule has 0 atom stereocenters. The summed E-state index contributed by atoms with van der Waals surface area (Å²) in [5.74, 6) is -1.23. The van der Waals surface area contributed by atoms with Crippen LogP contribution in [-0.2, 0) is 32.5 Å². The highest BCUT2D eigenvalue weighted by atomic mass is 16.6. The van der Waals surface area contributed by atoms with E-state index in [1.54, 1.807) is 19.9 Å². The molecule has 0 saturated carbocycles. The molecule has 0 spiro atoms. The molecule has 6 heteroatoms. The van der Waals surface area contributed by atoms with Gasteiger partial charge in [-0.2, -0.15) is 0 Å². The molecule has 1 N–H and O–H groups in total. The summed E-state index contributed by atoms with van der Waals surface area (Å²) < 4.78 is 12.5. The van der Waals surface area contributed by atoms with Crippen molar-refractivity contribution in [2.24, 2.45) is 12.5 Å². The number of carbonyl (C=O) groups excluding carboxylic acids is 2. The molecule has 0 aliphatic heterocycles. The van der Waals surface area contributed by atoms with Crippen LogP contribution in [-0.4, -0.2) is 41.4 Å². The average Bonchev–Trinajstić information content (AvgIpc) is 2.96. The molecule has 28 heavy (non-hydrogen) atoms. The molecule has 0 bridgehead atoms. The van der Waals surface area contributed by atoms with E-state index in [0.717, 1.165) is 22.2 Å². The van der Waals surface area contributed by atoms with Crippen LogP contribution in [0.1, 0.15) is 31.5 Å². The van der Waals surface area contributed by atoms with Gasteiger partial charge in [0.1, 0.15) is 0 Å². The molecule has 0 amide bonds. The van der Waals surface area contributed by atoms with E-state index in [1.807, 2.05) is 36.7 Å². The van der Waals surface area contributed by atoms with Crippen LogP contribution >= 0.6 is 0 Å². The Labute approximate surface area is 165 Å². The molecule has 0 radical (unpaired) electrons. The van der Waals surface area contributed by atoms with Crippen molar-refractivity contribution in [3.8, 4) is 0 Å². The highest BCUT2D eigenvalue weighted by Crippen LogP contribution is 2.34. The quantitative estimate of drug-likeness (QED) is 0.406. The normalized spacial score (nSPS) is 11.9. The van der Waals surface area contributed by atoms with E-state index < -0.39 is 17.4 Å². The summed E-state index contributed by atoms with van der Waals surface area (Å²) in [6.07, 6.45) is 3.37. The van der Waals surface area contributed by atoms with Crippen LogP contribution < -0.4 is 0 Å². The van der Waals surface area contributed by atoms with E-state index >= 15 is 0 Å². The number of rotatable bonds is 9. The van der Waals surface area contributed by atoms with Crippen LogP contribution in [0.15, 0.2) is 36.4 Å². The third-order valence-corrected chi connectivity index (χ3v) is 4.85. The molecule has 0 aliphatic carbocycles. The Morgan fingerprint density at radius 3 is 2.32 bits per heavy atom. The fourth-order valence-electron chi connectivity index (χ4n) is 3.37. The van der Waals surface area contributed by atoms with Crippen LogP contribution in [0.2, 0.25) is 0 Å². The lowest BCUT2D eigenvalue weighted by atomic mass is 9.79. The number of aryl methyl sites for hydroxylation is 2. The van der Waals surface area contributed by atoms with Gasteiger partial charge < -0.3 is 19.1 Å². The zero-order chi connectivity index (χ0) is 20.7. The van der Waals surface area contributed by atoms with Gasteiger partial charge in [0.05, 0.1) is 19.8 Å². The van der Waals surface area contributed by atoms with Gasteiger partial charge in [-0.15, -0.1) is 0 Å². The van der Waals surface area contributed by atoms with E-state index in [2.05, 4.69) is 6.07 Å². The van der Waals surface area contributed by atoms with Gasteiger partial charge in [-0.25, -0.2) is 0 Å². The van der Waals surface area contributed by atoms with E-state index in [1.165, 1.54) is 6.08 Å². The van der Waals surface area contributed by atoms with Crippen LogP contribution in [0, 0.1) is 12.3 Å². The van der Waals surface area contributed by atoms with E-state index in [9.17, 15) is 9.59 Å². The van der Waals surface area contributed by atoms with E-state index in [4.69, 9.17) is 14.6 Å². The molecular formula is C22H29NO5. The minimum Gasteiger partial charge on any atom is -0.465 e. The molecule has 0 fully saturated rings. The first-order valence-corrected chi connectivity index (χ1v) is 9.54. The van der Waals surface area contributed by atoms with Crippen LogP contribution in [0.5, 0.6) is 0 Å². The maximum atomic E-state index is 12.9. The number of nitrogens with zero attached hydrogens (tertiary/aromatic N) is 1. The Morgan fingerprint density at radius 1 is 1.11 bits per heavy atom. The number of esters is 2. The summed E-state index contributed by atoms with van der Waals surface area (Å²) in [6.45, 7) is 5.59. The van der Waals surface area contributed by atoms with Gasteiger partial charge in [-0.1, -0.05) is 23.8 Å². The molecule has 1 aromatic carbocycles. The second-order valence-electron chi connectivity index (χ2n) is 6.81. The van der Waals surface area contributed by atoms with Gasteiger partial charge in [0.25, 0.3) is 0 Å². The highest BCUT2D eigenvalue weighted by molar-refractivity contribution is 6.00. The molecule has 2 aromatic rings. The Morgan fingerprint density at radius 2 is 1.75 bits per heavy atom. The number of aliphatic hydroxyl groups is 1. The smallest absolute Gasteiger partial charge is 0.324 e. The summed E-state index contributed by atoms with van der Waals surface area (Å²) in [6, 6.07) is 8.11. The number of hydrogen-bond acceptors (Lipinski definition) is 5. The molecular weight excluding hydrogens is 358 g/mol. The van der Waals surface area contributed by atoms with Crippen LogP contribution in [0.25, 0.3) is 10.9 Å². The fourth-order valence-corrected chi connectivity index (χ4v) is 3.37. The van der Waals surface area contributed by atoms with Gasteiger partial charge in [0.15, 0.2) is 5.41 Å². The molecule has 2 rings (SSSR count). The van der Waals surface area contributed by atoms with E-state index in [0.29, 0.717) is 0 Å². The predicted molar refractivity (Wildman–Crippen MR) is 108 cm³/mol. The second-order valence-corrected chi connectivity index (χ2v) is 6.81. The zero-order valence-corrected chi connectivity index (χ0v) is 17.0. The van der Waals surface area contributed by atoms with Crippen molar-refractivity contribution < 1.29 is 24.2 Å². The number of allylic oxidation sites excluding steroid dienone is 1. The number of aromatic nitrogens is 1. The maximum Gasteiger partial charge on any atom is 0.324 e. The molecule has 0 unspecified atom stereocenters. The monoisotopic (exact) mass is 387 g/mol. The number of benzene rings is 1. The third-order valence-electron chi connectivity index (χ3n) is 4.85. The van der Waals surface area contributed by atoms with Gasteiger partial charge in [0.2, 0.25) is 0 Å². The van der Waals surface area contributed by atoms with Crippen molar-refractivity contribution in [3.63, 3.8) is 0 Å². The van der Waals surface area contributed by atoms with Crippen molar-refractivity contribution in [2.75, 3.05) is 19.8 Å². The Bertz CT molecular complexity index is 847. The second kappa shape index (κ2) is 9.55. The summed E-state index contributed by atoms with van der Waals surface area (Å²) in [5, 5.41) is 10.1. The van der Waals surface area contributed by atoms with Gasteiger partial charge >= 0.3 is 11.9 Å². The van der Waals surface area contributed by atoms with Crippen LogP contribution in [0.4, 0.5) is 0 Å². The molecule has 152 valence electrons. The first kappa shape index (κ1) is 21.7. The summed E-state index contributed by atoms with van der Waals surface area (Å²) in [5.41, 5.74) is 1.49. The van der Waals surface area contributed by atoms with Gasteiger partial charge in [-0.05, 0) is 45.4 Å². The molecule has 0 saturated heterocycles. The Balaban J connectivity index is 2.55. The number of carbonyl (C=O) groups is 2. The number of aliphatic hydroxyl groups excluding tert-OH is 1. The Kier molecular flexibility index (Phi) is 7.40. The van der Waals surface area contributed by atoms with Crippen molar-refractivity contribution in [1.82, 2.24) is 4.57 Å². The first-order valence-electron chi connectivity index (χ1n) is 9.54. The lowest BCUT2D eigenvalue weighted by Crippen LogP contribution is -2.44. The predicted octanol–water partition coefficient (Wildman–Crippen LogP) is 3.08. The topological polar surface area (TPSA) is 77.8 Å². The number of fused-ring (bicyclic) bond motifs is 1. The van der Waals surface area contributed by atoms with Gasteiger partial charge in [0, 0.05) is 30.1 Å². The summed E-state index contributed by atoms with van der Waals surface area (Å²) >= 11 is 0. The third kappa shape index (κ3) is 4.44. The molecule has 0 aliphatic rings. The van der Waals surface area contributed by atoms with Crippen molar-refractivity contribution in [1.29, 1.82) is 0 Å². The van der Waals surface area contributed by atoms with E-state index in [-0.39, 0.29) is 32.7 Å². The molecule has 6 nitrogen and oxygen atoms in total. The lowest BCUT2D eigenvalue weighted by Gasteiger charge is -2.28. The van der Waals surface area contributed by atoms with Crippen molar-refractivity contribution in [3.05, 3.63) is 47.7 Å². The average molecular weight is 387 g/mol. The Hall–Kier alpha value is -2.60. The fraction of sp³-hybridized carbons (Fsp3) is 0.455. The largest absolute Gasteiger partial charge is 0.465 e. The summed E-state index contributed by atoms with van der Waals surface area (Å²) in [7, 11) is 1.91. The highest BCUT2D eigenvalue weighted by Gasteiger charge is 2.48. The van der Waals surface area contributed by atoms with Gasteiger partial charge in [-0.3, -0.25) is 9.59 Å². The minimum absolute atomic E-state index is 0.0891. The van der Waals surface area contributed by atoms with Crippen molar-refractivity contribution in [2.45, 2.75) is 33.6 Å². The number of hydrogen-bond donors (Lipinski definition) is 1. The first-order chi connectivity index (χ1) is 13.4. The minimum atomic E-state index is -1.51. The lowest BCUT2D eigenvalue weighted by molar-refractivity contribution is -0.172. The van der Waals surface area contributed by atoms with Crippen LogP contribution in [0.3, 0.4) is 0 Å². The maximum absolute atomic E-state index is 12.9. The number of ether oxygens (including phenoxy) is 2. The standard InChI is InChI=1S/C22H29NO5/c1-5-27-20(25)22(11-7-8-12-24,21(26)28-6-2)15-18-14-17-13-16(3)9-10-19(17)23(18)4/h7-10,13-14,24H,5-6,11-12,15H2,1-4H3/b8-7-.